The monoisotopic (exact) mass is 265 g/mol. The van der Waals surface area contributed by atoms with Crippen LogP contribution in [0.3, 0.4) is 0 Å². The van der Waals surface area contributed by atoms with Gasteiger partial charge in [-0.15, -0.1) is 0 Å². The van der Waals surface area contributed by atoms with Crippen molar-refractivity contribution in [3.05, 3.63) is 53.1 Å². The fourth-order valence-electron chi connectivity index (χ4n) is 2.67. The summed E-state index contributed by atoms with van der Waals surface area (Å²) in [7, 11) is 0. The molecule has 1 N–H and O–H groups in total. The third-order valence-electron chi connectivity index (χ3n) is 4.35. The van der Waals surface area contributed by atoms with Crippen molar-refractivity contribution in [2.45, 2.75) is 33.1 Å². The normalized spacial score (nSPS) is 15.9. The molecule has 20 heavy (non-hydrogen) atoms. The zero-order chi connectivity index (χ0) is 14.5. The SMILES string of the molecule is Cc1ccc(-c2ccc3c(c2)C(C)(C)C(=O)N3)cc1C. The number of hydrogen-bond acceptors (Lipinski definition) is 1. The molecule has 0 fully saturated rings. The summed E-state index contributed by atoms with van der Waals surface area (Å²) in [5, 5.41) is 2.95. The van der Waals surface area contributed by atoms with Crippen LogP contribution in [0.1, 0.15) is 30.5 Å². The molecule has 0 aliphatic carbocycles. The number of fused-ring (bicyclic) bond motifs is 1. The molecule has 0 saturated carbocycles. The van der Waals surface area contributed by atoms with E-state index < -0.39 is 5.41 Å². The fraction of sp³-hybridized carbons (Fsp3) is 0.278. The van der Waals surface area contributed by atoms with Gasteiger partial charge in [-0.2, -0.15) is 0 Å². The number of amides is 1. The van der Waals surface area contributed by atoms with Gasteiger partial charge < -0.3 is 5.32 Å². The van der Waals surface area contributed by atoms with Gasteiger partial charge in [0.05, 0.1) is 5.41 Å². The molecule has 2 aromatic rings. The molecule has 0 bridgehead atoms. The van der Waals surface area contributed by atoms with Crippen molar-refractivity contribution in [2.24, 2.45) is 0 Å². The summed E-state index contributed by atoms with van der Waals surface area (Å²) in [5.41, 5.74) is 6.52. The van der Waals surface area contributed by atoms with E-state index in [1.807, 2.05) is 19.9 Å². The first-order chi connectivity index (χ1) is 9.39. The van der Waals surface area contributed by atoms with Crippen LogP contribution in [0.15, 0.2) is 36.4 Å². The van der Waals surface area contributed by atoms with Gasteiger partial charge in [-0.1, -0.05) is 24.3 Å². The molecule has 102 valence electrons. The molecule has 0 radical (unpaired) electrons. The lowest BCUT2D eigenvalue weighted by Crippen LogP contribution is -2.26. The Bertz CT molecular complexity index is 713. The van der Waals surface area contributed by atoms with Crippen molar-refractivity contribution in [1.82, 2.24) is 0 Å². The maximum atomic E-state index is 12.0. The highest BCUT2D eigenvalue weighted by molar-refractivity contribution is 6.06. The van der Waals surface area contributed by atoms with Gasteiger partial charge in [0.25, 0.3) is 0 Å². The van der Waals surface area contributed by atoms with Crippen LogP contribution in [-0.2, 0) is 10.2 Å². The third-order valence-corrected chi connectivity index (χ3v) is 4.35. The predicted molar refractivity (Wildman–Crippen MR) is 83.0 cm³/mol. The topological polar surface area (TPSA) is 29.1 Å². The van der Waals surface area contributed by atoms with Crippen molar-refractivity contribution in [1.29, 1.82) is 0 Å². The van der Waals surface area contributed by atoms with E-state index in [1.165, 1.54) is 16.7 Å². The van der Waals surface area contributed by atoms with Crippen molar-refractivity contribution in [3.63, 3.8) is 0 Å². The van der Waals surface area contributed by atoms with Crippen molar-refractivity contribution in [3.8, 4) is 11.1 Å². The van der Waals surface area contributed by atoms with E-state index >= 15 is 0 Å². The van der Waals surface area contributed by atoms with Crippen molar-refractivity contribution in [2.75, 3.05) is 5.32 Å². The zero-order valence-corrected chi connectivity index (χ0v) is 12.4. The van der Waals surface area contributed by atoms with Crippen LogP contribution < -0.4 is 5.32 Å². The van der Waals surface area contributed by atoms with Gasteiger partial charge in [-0.25, -0.2) is 0 Å². The number of hydrogen-bond donors (Lipinski definition) is 1. The number of rotatable bonds is 1. The Morgan fingerprint density at radius 1 is 0.900 bits per heavy atom. The summed E-state index contributed by atoms with van der Waals surface area (Å²) in [6.45, 7) is 8.19. The molecule has 1 aliphatic heterocycles. The molecule has 0 atom stereocenters. The molecule has 0 saturated heterocycles. The summed E-state index contributed by atoms with van der Waals surface area (Å²) >= 11 is 0. The van der Waals surface area contributed by atoms with E-state index in [-0.39, 0.29) is 5.91 Å². The Morgan fingerprint density at radius 2 is 1.55 bits per heavy atom. The van der Waals surface area contributed by atoms with E-state index in [1.54, 1.807) is 0 Å². The number of nitrogens with one attached hydrogen (secondary N) is 1. The Hall–Kier alpha value is -2.09. The molecule has 2 heteroatoms. The molecule has 1 heterocycles. The first-order valence-corrected chi connectivity index (χ1v) is 6.93. The molecule has 0 aromatic heterocycles. The molecule has 0 unspecified atom stereocenters. The van der Waals surface area contributed by atoms with Crippen LogP contribution in [0.4, 0.5) is 5.69 Å². The second-order valence-corrected chi connectivity index (χ2v) is 6.14. The second-order valence-electron chi connectivity index (χ2n) is 6.14. The van der Waals surface area contributed by atoms with Gasteiger partial charge in [0.15, 0.2) is 0 Å². The van der Waals surface area contributed by atoms with Crippen LogP contribution in [0, 0.1) is 13.8 Å². The number of benzene rings is 2. The van der Waals surface area contributed by atoms with Crippen LogP contribution in [0.25, 0.3) is 11.1 Å². The Labute approximate surface area is 119 Å². The van der Waals surface area contributed by atoms with Crippen molar-refractivity contribution < 1.29 is 4.79 Å². The van der Waals surface area contributed by atoms with Crippen LogP contribution >= 0.6 is 0 Å². The summed E-state index contributed by atoms with van der Waals surface area (Å²) < 4.78 is 0. The van der Waals surface area contributed by atoms with Gasteiger partial charge in [0, 0.05) is 5.69 Å². The lowest BCUT2D eigenvalue weighted by Gasteiger charge is -2.16. The first-order valence-electron chi connectivity index (χ1n) is 6.93. The smallest absolute Gasteiger partial charge is 0.234 e. The maximum Gasteiger partial charge on any atom is 0.234 e. The Kier molecular flexibility index (Phi) is 2.72. The third kappa shape index (κ3) is 1.83. The van der Waals surface area contributed by atoms with Gasteiger partial charge in [-0.05, 0) is 67.6 Å². The largest absolute Gasteiger partial charge is 0.325 e. The lowest BCUT2D eigenvalue weighted by atomic mass is 9.84. The second kappa shape index (κ2) is 4.20. The molecule has 0 spiro atoms. The van der Waals surface area contributed by atoms with E-state index in [0.717, 1.165) is 16.8 Å². The summed E-state index contributed by atoms with van der Waals surface area (Å²) in [6.07, 6.45) is 0. The summed E-state index contributed by atoms with van der Waals surface area (Å²) in [6, 6.07) is 12.7. The van der Waals surface area contributed by atoms with Crippen molar-refractivity contribution >= 4 is 11.6 Å². The first kappa shape index (κ1) is 12.9. The molecule has 1 amide bonds. The number of carbonyl (C=O) groups is 1. The number of aryl methyl sites for hydroxylation is 2. The van der Waals surface area contributed by atoms with Crippen LogP contribution in [0.2, 0.25) is 0 Å². The molecule has 1 aliphatic rings. The standard InChI is InChI=1S/C18H19NO/c1-11-5-6-13(9-12(11)2)14-7-8-16-15(10-14)18(3,4)17(20)19-16/h5-10H,1-4H3,(H,19,20). The Balaban J connectivity index is 2.12. The summed E-state index contributed by atoms with van der Waals surface area (Å²) in [5.74, 6) is 0.0738. The van der Waals surface area contributed by atoms with E-state index in [4.69, 9.17) is 0 Å². The molecular weight excluding hydrogens is 246 g/mol. The molecular formula is C18H19NO. The zero-order valence-electron chi connectivity index (χ0n) is 12.4. The fourth-order valence-corrected chi connectivity index (χ4v) is 2.67. The molecule has 2 aromatic carbocycles. The van der Waals surface area contributed by atoms with Crippen LogP contribution in [0.5, 0.6) is 0 Å². The maximum absolute atomic E-state index is 12.0. The average Bonchev–Trinajstić information content (AvgIpc) is 2.63. The number of carbonyl (C=O) groups excluding carboxylic acids is 1. The Morgan fingerprint density at radius 3 is 2.25 bits per heavy atom. The van der Waals surface area contributed by atoms with Crippen LogP contribution in [-0.4, -0.2) is 5.91 Å². The number of anilines is 1. The van der Waals surface area contributed by atoms with Gasteiger partial charge in [-0.3, -0.25) is 4.79 Å². The molecule has 3 rings (SSSR count). The van der Waals surface area contributed by atoms with Gasteiger partial charge in [0.1, 0.15) is 0 Å². The minimum absolute atomic E-state index is 0.0738. The quantitative estimate of drug-likeness (QED) is 0.822. The lowest BCUT2D eigenvalue weighted by molar-refractivity contribution is -0.119. The highest BCUT2D eigenvalue weighted by Crippen LogP contribution is 2.39. The van der Waals surface area contributed by atoms with E-state index in [0.29, 0.717) is 0 Å². The van der Waals surface area contributed by atoms with Gasteiger partial charge in [0.2, 0.25) is 5.91 Å². The highest BCUT2D eigenvalue weighted by atomic mass is 16.2. The van der Waals surface area contributed by atoms with E-state index in [9.17, 15) is 4.79 Å². The summed E-state index contributed by atoms with van der Waals surface area (Å²) in [4.78, 5) is 12.0. The minimum atomic E-state index is -0.453. The van der Waals surface area contributed by atoms with Gasteiger partial charge >= 0.3 is 0 Å². The van der Waals surface area contributed by atoms with E-state index in [2.05, 4.69) is 49.5 Å². The predicted octanol–water partition coefficient (Wildman–Crippen LogP) is 4.20. The minimum Gasteiger partial charge on any atom is -0.325 e. The average molecular weight is 265 g/mol. The highest BCUT2D eigenvalue weighted by Gasteiger charge is 2.38. The molecule has 2 nitrogen and oxygen atoms in total.